The smallest absolute Gasteiger partial charge is 0.368 e. The summed E-state index contributed by atoms with van der Waals surface area (Å²) in [5.41, 5.74) is 10.9. The number of primary amides is 1. The zero-order valence-electron chi connectivity index (χ0n) is 16.9. The minimum atomic E-state index is -4.53. The molecule has 1 aliphatic heterocycles. The van der Waals surface area contributed by atoms with Crippen molar-refractivity contribution in [2.75, 3.05) is 42.9 Å². The number of hydrogen-bond donors (Lipinski definition) is 3. The first kappa shape index (κ1) is 23.0. The zero-order valence-corrected chi connectivity index (χ0v) is 17.7. The number of thiophene rings is 1. The third-order valence-corrected chi connectivity index (χ3v) is 6.11. The number of rotatable bonds is 7. The van der Waals surface area contributed by atoms with Crippen molar-refractivity contribution >= 4 is 45.1 Å². The summed E-state index contributed by atoms with van der Waals surface area (Å²) >= 11 is 1.49. The van der Waals surface area contributed by atoms with Gasteiger partial charge in [-0.15, -0.1) is 11.3 Å². The molecule has 0 spiro atoms. The Balaban J connectivity index is 1.84. The predicted octanol–water partition coefficient (Wildman–Crippen LogP) is 1.08. The second kappa shape index (κ2) is 9.22. The first-order chi connectivity index (χ1) is 14.6. The maximum atomic E-state index is 12.5. The van der Waals surface area contributed by atoms with Crippen LogP contribution in [0.3, 0.4) is 0 Å². The molecule has 170 valence electrons. The third-order valence-electron chi connectivity index (χ3n) is 4.94. The van der Waals surface area contributed by atoms with Gasteiger partial charge in [-0.1, -0.05) is 6.92 Å². The van der Waals surface area contributed by atoms with Crippen molar-refractivity contribution in [3.05, 3.63) is 10.9 Å². The monoisotopic (exact) mass is 459 g/mol. The van der Waals surface area contributed by atoms with Crippen molar-refractivity contribution in [1.29, 1.82) is 0 Å². The van der Waals surface area contributed by atoms with Gasteiger partial charge in [-0.2, -0.15) is 18.2 Å². The van der Waals surface area contributed by atoms with E-state index in [1.165, 1.54) is 16.2 Å². The molecule has 2 aromatic rings. The molecule has 1 saturated heterocycles. The molecule has 1 aliphatic rings. The van der Waals surface area contributed by atoms with Crippen LogP contribution in [0.1, 0.15) is 18.2 Å². The van der Waals surface area contributed by atoms with E-state index in [4.69, 9.17) is 11.5 Å². The van der Waals surface area contributed by atoms with Gasteiger partial charge in [0.05, 0.1) is 5.39 Å². The van der Waals surface area contributed by atoms with Gasteiger partial charge in [0, 0.05) is 37.6 Å². The highest BCUT2D eigenvalue weighted by Gasteiger charge is 2.34. The van der Waals surface area contributed by atoms with Gasteiger partial charge in [0.15, 0.2) is 0 Å². The Morgan fingerprint density at radius 1 is 1.26 bits per heavy atom. The van der Waals surface area contributed by atoms with Crippen LogP contribution in [0, 0.1) is 0 Å². The molecule has 3 heterocycles. The highest BCUT2D eigenvalue weighted by molar-refractivity contribution is 7.18. The van der Waals surface area contributed by atoms with Crippen LogP contribution in [0.4, 0.5) is 24.9 Å². The van der Waals surface area contributed by atoms with Crippen LogP contribution < -0.4 is 21.7 Å². The van der Waals surface area contributed by atoms with Gasteiger partial charge in [0.2, 0.25) is 17.8 Å². The van der Waals surface area contributed by atoms with Gasteiger partial charge < -0.3 is 26.6 Å². The number of carbonyl (C=O) groups excluding carboxylic acids is 2. The maximum absolute atomic E-state index is 12.5. The highest BCUT2D eigenvalue weighted by Crippen LogP contribution is 2.33. The van der Waals surface area contributed by atoms with E-state index < -0.39 is 30.5 Å². The molecular weight excluding hydrogens is 435 g/mol. The number of piperazine rings is 1. The molecule has 5 N–H and O–H groups in total. The average molecular weight is 459 g/mol. The van der Waals surface area contributed by atoms with Crippen LogP contribution in [-0.4, -0.2) is 71.6 Å². The Kier molecular flexibility index (Phi) is 6.84. The largest absolute Gasteiger partial charge is 0.397 e. The summed E-state index contributed by atoms with van der Waals surface area (Å²) in [7, 11) is 0. The van der Waals surface area contributed by atoms with Crippen molar-refractivity contribution in [2.24, 2.45) is 11.5 Å². The van der Waals surface area contributed by atoms with Crippen LogP contribution in [0.5, 0.6) is 0 Å². The van der Waals surface area contributed by atoms with Gasteiger partial charge in [-0.05, 0) is 12.5 Å². The number of halogens is 3. The molecule has 1 atom stereocenters. The Morgan fingerprint density at radius 2 is 1.94 bits per heavy atom. The fourth-order valence-corrected chi connectivity index (χ4v) is 4.25. The number of aromatic nitrogens is 2. The van der Waals surface area contributed by atoms with Crippen molar-refractivity contribution in [2.45, 2.75) is 32.0 Å². The summed E-state index contributed by atoms with van der Waals surface area (Å²) in [6.45, 7) is 2.93. The summed E-state index contributed by atoms with van der Waals surface area (Å²) in [5, 5.41) is 3.66. The standard InChI is InChI=1S/C18H24F3N7O2S/c1-2-10-7-11-15(25-17(26-16(11)31-10)24-12(9-22)14(23)30)28-5-3-27(4-6-28)13(29)8-18(19,20)21/h7,12H,2-6,8-9,22H2,1H3,(H2,23,30)(H,24,25,26)/t12-/m1/s1. The fraction of sp³-hybridized carbons (Fsp3) is 0.556. The molecular formula is C18H24F3N7O2S. The van der Waals surface area contributed by atoms with Crippen LogP contribution in [-0.2, 0) is 16.0 Å². The van der Waals surface area contributed by atoms with E-state index in [0.717, 1.165) is 16.7 Å². The molecule has 31 heavy (non-hydrogen) atoms. The number of carbonyl (C=O) groups is 2. The first-order valence-corrected chi connectivity index (χ1v) is 10.6. The minimum Gasteiger partial charge on any atom is -0.368 e. The van der Waals surface area contributed by atoms with E-state index in [0.29, 0.717) is 23.7 Å². The van der Waals surface area contributed by atoms with Gasteiger partial charge in [-0.25, -0.2) is 4.98 Å². The van der Waals surface area contributed by atoms with E-state index >= 15 is 0 Å². The molecule has 0 radical (unpaired) electrons. The predicted molar refractivity (Wildman–Crippen MR) is 112 cm³/mol. The SMILES string of the molecule is CCc1cc2c(N3CCN(C(=O)CC(F)(F)F)CC3)nc(N[C@H](CN)C(N)=O)nc2s1. The van der Waals surface area contributed by atoms with Gasteiger partial charge in [-0.3, -0.25) is 9.59 Å². The number of nitrogens with two attached hydrogens (primary N) is 2. The molecule has 0 aliphatic carbocycles. The lowest BCUT2D eigenvalue weighted by molar-refractivity contribution is -0.161. The normalized spacial score (nSPS) is 15.9. The Morgan fingerprint density at radius 3 is 2.48 bits per heavy atom. The molecule has 0 unspecified atom stereocenters. The topological polar surface area (TPSA) is 130 Å². The molecule has 13 heteroatoms. The second-order valence-corrected chi connectivity index (χ2v) is 8.27. The molecule has 3 rings (SSSR count). The lowest BCUT2D eigenvalue weighted by Gasteiger charge is -2.36. The quantitative estimate of drug-likeness (QED) is 0.565. The number of nitrogens with one attached hydrogen (secondary N) is 1. The number of anilines is 2. The number of hydrogen-bond acceptors (Lipinski definition) is 8. The van der Waals surface area contributed by atoms with Crippen LogP contribution in [0.2, 0.25) is 0 Å². The van der Waals surface area contributed by atoms with E-state index in [9.17, 15) is 22.8 Å². The molecule has 1 fully saturated rings. The van der Waals surface area contributed by atoms with Gasteiger partial charge in [0.25, 0.3) is 0 Å². The van der Waals surface area contributed by atoms with Crippen molar-refractivity contribution in [3.63, 3.8) is 0 Å². The zero-order chi connectivity index (χ0) is 22.8. The second-order valence-electron chi connectivity index (χ2n) is 7.15. The summed E-state index contributed by atoms with van der Waals surface area (Å²) in [4.78, 5) is 37.3. The van der Waals surface area contributed by atoms with E-state index in [1.54, 1.807) is 0 Å². The maximum Gasteiger partial charge on any atom is 0.397 e. The number of nitrogens with zero attached hydrogens (tertiary/aromatic N) is 4. The van der Waals surface area contributed by atoms with Crippen molar-refractivity contribution in [3.8, 4) is 0 Å². The van der Waals surface area contributed by atoms with Crippen LogP contribution >= 0.6 is 11.3 Å². The first-order valence-electron chi connectivity index (χ1n) is 9.77. The Hall–Kier alpha value is -2.67. The number of aryl methyl sites for hydroxylation is 1. The van der Waals surface area contributed by atoms with E-state index in [1.807, 2.05) is 17.9 Å². The molecule has 2 aromatic heterocycles. The summed E-state index contributed by atoms with van der Waals surface area (Å²) < 4.78 is 37.6. The molecule has 2 amide bonds. The molecule has 9 nitrogen and oxygen atoms in total. The number of fused-ring (bicyclic) bond motifs is 1. The van der Waals surface area contributed by atoms with Crippen LogP contribution in [0.25, 0.3) is 10.2 Å². The Bertz CT molecular complexity index is 958. The fourth-order valence-electron chi connectivity index (χ4n) is 3.29. The molecule has 0 aromatic carbocycles. The summed E-state index contributed by atoms with van der Waals surface area (Å²) in [6.07, 6.45) is -5.19. The molecule has 0 saturated carbocycles. The summed E-state index contributed by atoms with van der Waals surface area (Å²) in [6, 6.07) is 1.14. The van der Waals surface area contributed by atoms with E-state index in [2.05, 4.69) is 15.3 Å². The van der Waals surface area contributed by atoms with Crippen molar-refractivity contribution in [1.82, 2.24) is 14.9 Å². The van der Waals surface area contributed by atoms with Gasteiger partial charge in [0.1, 0.15) is 23.1 Å². The minimum absolute atomic E-state index is 0.0310. The highest BCUT2D eigenvalue weighted by atomic mass is 32.1. The van der Waals surface area contributed by atoms with Crippen molar-refractivity contribution < 1.29 is 22.8 Å². The summed E-state index contributed by atoms with van der Waals surface area (Å²) in [5.74, 6) is -0.785. The average Bonchev–Trinajstić information content (AvgIpc) is 3.13. The molecule has 0 bridgehead atoms. The van der Waals surface area contributed by atoms with Gasteiger partial charge >= 0.3 is 6.18 Å². The Labute approximate surface area is 180 Å². The number of alkyl halides is 3. The lowest BCUT2D eigenvalue weighted by Crippen LogP contribution is -2.50. The van der Waals surface area contributed by atoms with Crippen LogP contribution in [0.15, 0.2) is 6.07 Å². The third kappa shape index (κ3) is 5.53. The number of amides is 2. The van der Waals surface area contributed by atoms with E-state index in [-0.39, 0.29) is 25.6 Å². The lowest BCUT2D eigenvalue weighted by atomic mass is 10.2.